The second-order valence-corrected chi connectivity index (χ2v) is 8.68. The van der Waals surface area contributed by atoms with E-state index >= 15 is 0 Å². The zero-order valence-corrected chi connectivity index (χ0v) is 16.3. The minimum absolute atomic E-state index is 0.184. The summed E-state index contributed by atoms with van der Waals surface area (Å²) in [6.07, 6.45) is 4.47. The Kier molecular flexibility index (Phi) is 5.67. The van der Waals surface area contributed by atoms with Crippen LogP contribution in [-0.4, -0.2) is 43.7 Å². The summed E-state index contributed by atoms with van der Waals surface area (Å²) in [7, 11) is -3.83. The van der Waals surface area contributed by atoms with Gasteiger partial charge in [-0.15, -0.1) is 15.7 Å². The average molecular weight is 392 g/mol. The zero-order chi connectivity index (χ0) is 18.6. The standard InChI is InChI=1S/C17H21N5O2S2/c1-3-13-11-20-22(12-13)17(18-4-2)21-26(23,24)16-9-8-15(25-16)14-7-5-6-10-19-14/h5-11,13H,3-4,12H2,1-2H3,(H,18,21). The third-order valence-electron chi connectivity index (χ3n) is 3.89. The molecule has 9 heteroatoms. The maximum Gasteiger partial charge on any atom is 0.295 e. The van der Waals surface area contributed by atoms with E-state index < -0.39 is 10.0 Å². The normalized spacial score (nSPS) is 17.7. The number of guanidine groups is 1. The van der Waals surface area contributed by atoms with Gasteiger partial charge in [0.1, 0.15) is 4.21 Å². The molecule has 2 aromatic heterocycles. The molecule has 0 saturated heterocycles. The van der Waals surface area contributed by atoms with Gasteiger partial charge in [0, 0.05) is 24.9 Å². The maximum absolute atomic E-state index is 12.8. The van der Waals surface area contributed by atoms with Crippen LogP contribution in [0.25, 0.3) is 10.6 Å². The molecule has 0 fully saturated rings. The van der Waals surface area contributed by atoms with E-state index in [-0.39, 0.29) is 10.2 Å². The van der Waals surface area contributed by atoms with Crippen molar-refractivity contribution in [3.8, 4) is 10.6 Å². The Morgan fingerprint density at radius 1 is 1.35 bits per heavy atom. The summed E-state index contributed by atoms with van der Waals surface area (Å²) in [4.78, 5) is 5.04. The van der Waals surface area contributed by atoms with Crippen molar-refractivity contribution in [2.24, 2.45) is 15.4 Å². The van der Waals surface area contributed by atoms with Gasteiger partial charge >= 0.3 is 0 Å². The molecule has 3 rings (SSSR count). The molecule has 26 heavy (non-hydrogen) atoms. The summed E-state index contributed by atoms with van der Waals surface area (Å²) in [5, 5.41) is 8.90. The van der Waals surface area contributed by atoms with E-state index in [4.69, 9.17) is 0 Å². The van der Waals surface area contributed by atoms with Gasteiger partial charge in [-0.2, -0.15) is 13.5 Å². The summed E-state index contributed by atoms with van der Waals surface area (Å²) < 4.78 is 29.7. The molecule has 1 unspecified atom stereocenters. The molecule has 1 atom stereocenters. The molecule has 1 aliphatic heterocycles. The first-order valence-electron chi connectivity index (χ1n) is 8.45. The lowest BCUT2D eigenvalue weighted by molar-refractivity contribution is 0.426. The van der Waals surface area contributed by atoms with E-state index in [1.165, 1.54) is 0 Å². The first kappa shape index (κ1) is 18.5. The Labute approximate surface area is 157 Å². The fourth-order valence-electron chi connectivity index (χ4n) is 2.46. The van der Waals surface area contributed by atoms with Crippen LogP contribution in [0.1, 0.15) is 20.3 Å². The predicted octanol–water partition coefficient (Wildman–Crippen LogP) is 2.79. The van der Waals surface area contributed by atoms with Crippen molar-refractivity contribution in [3.05, 3.63) is 36.5 Å². The number of rotatable bonds is 5. The van der Waals surface area contributed by atoms with E-state index in [9.17, 15) is 8.42 Å². The van der Waals surface area contributed by atoms with Gasteiger partial charge in [-0.3, -0.25) is 4.98 Å². The summed E-state index contributed by atoms with van der Waals surface area (Å²) >= 11 is 1.16. The van der Waals surface area contributed by atoms with Crippen LogP contribution in [0.2, 0.25) is 0 Å². The van der Waals surface area contributed by atoms with Gasteiger partial charge in [-0.25, -0.2) is 5.01 Å². The number of thiophene rings is 1. The molecule has 0 amide bonds. The Morgan fingerprint density at radius 2 is 2.19 bits per heavy atom. The van der Waals surface area contributed by atoms with Gasteiger partial charge in [0.2, 0.25) is 5.96 Å². The van der Waals surface area contributed by atoms with E-state index in [2.05, 4.69) is 26.7 Å². The van der Waals surface area contributed by atoms with Gasteiger partial charge in [-0.05, 0) is 37.6 Å². The average Bonchev–Trinajstić information content (AvgIpc) is 3.32. The lowest BCUT2D eigenvalue weighted by atomic mass is 10.1. The van der Waals surface area contributed by atoms with Crippen LogP contribution in [0.15, 0.2) is 50.2 Å². The Hall–Kier alpha value is -2.26. The number of hydrogen-bond donors (Lipinski definition) is 1. The SMILES string of the molecule is CCN/C(=N\S(=O)(=O)c1ccc(-c2ccccn2)s1)N1CC(CC)C=N1. The number of aromatic nitrogens is 1. The molecule has 2 aromatic rings. The van der Waals surface area contributed by atoms with Crippen molar-refractivity contribution in [2.45, 2.75) is 24.5 Å². The largest absolute Gasteiger partial charge is 0.354 e. The quantitative estimate of drug-likeness (QED) is 0.626. The Bertz CT molecular complexity index is 906. The van der Waals surface area contributed by atoms with Gasteiger partial charge in [0.05, 0.1) is 17.1 Å². The second-order valence-electron chi connectivity index (χ2n) is 5.77. The predicted molar refractivity (Wildman–Crippen MR) is 105 cm³/mol. The molecule has 138 valence electrons. The van der Waals surface area contributed by atoms with Crippen molar-refractivity contribution >= 4 is 33.5 Å². The van der Waals surface area contributed by atoms with Gasteiger partial charge in [0.15, 0.2) is 0 Å². The van der Waals surface area contributed by atoms with Gasteiger partial charge in [-0.1, -0.05) is 13.0 Å². The highest BCUT2D eigenvalue weighted by molar-refractivity contribution is 7.92. The molecule has 3 heterocycles. The highest BCUT2D eigenvalue weighted by Gasteiger charge is 2.24. The van der Waals surface area contributed by atoms with Crippen LogP contribution < -0.4 is 5.32 Å². The highest BCUT2D eigenvalue weighted by Crippen LogP contribution is 2.30. The summed E-state index contributed by atoms with van der Waals surface area (Å²) in [5.74, 6) is 0.562. The summed E-state index contributed by atoms with van der Waals surface area (Å²) in [6, 6.07) is 8.86. The Balaban J connectivity index is 1.87. The highest BCUT2D eigenvalue weighted by atomic mass is 32.2. The molecule has 7 nitrogen and oxygen atoms in total. The first-order chi connectivity index (χ1) is 12.5. The lowest BCUT2D eigenvalue weighted by Crippen LogP contribution is -2.38. The molecular formula is C17H21N5O2S2. The number of nitrogens with zero attached hydrogens (tertiary/aromatic N) is 4. The number of nitrogens with one attached hydrogen (secondary N) is 1. The van der Waals surface area contributed by atoms with Crippen molar-refractivity contribution < 1.29 is 8.42 Å². The third kappa shape index (κ3) is 4.10. The van der Waals surface area contributed by atoms with Crippen LogP contribution in [0, 0.1) is 5.92 Å². The lowest BCUT2D eigenvalue weighted by Gasteiger charge is -2.18. The molecule has 0 spiro atoms. The second kappa shape index (κ2) is 7.96. The minimum Gasteiger partial charge on any atom is -0.354 e. The molecule has 0 aromatic carbocycles. The Morgan fingerprint density at radius 3 is 2.85 bits per heavy atom. The van der Waals surface area contributed by atoms with Crippen LogP contribution in [0.3, 0.4) is 0 Å². The monoisotopic (exact) mass is 391 g/mol. The van der Waals surface area contributed by atoms with E-state index in [1.807, 2.05) is 31.3 Å². The molecule has 0 aliphatic carbocycles. The third-order valence-corrected chi connectivity index (χ3v) is 6.73. The molecule has 0 bridgehead atoms. The molecule has 0 saturated carbocycles. The fourth-order valence-corrected chi connectivity index (χ4v) is 4.69. The smallest absolute Gasteiger partial charge is 0.295 e. The van der Waals surface area contributed by atoms with Crippen molar-refractivity contribution in [3.63, 3.8) is 0 Å². The topological polar surface area (TPSA) is 87.0 Å². The van der Waals surface area contributed by atoms with Crippen LogP contribution >= 0.6 is 11.3 Å². The summed E-state index contributed by atoms with van der Waals surface area (Å²) in [5.41, 5.74) is 0.741. The fraction of sp³-hybridized carbons (Fsp3) is 0.353. The van der Waals surface area contributed by atoms with Crippen molar-refractivity contribution in [2.75, 3.05) is 13.1 Å². The number of hydrazone groups is 1. The maximum atomic E-state index is 12.8. The molecule has 0 radical (unpaired) electrons. The van der Waals surface area contributed by atoms with Gasteiger partial charge in [0.25, 0.3) is 10.0 Å². The number of hydrogen-bond acceptors (Lipinski definition) is 5. The van der Waals surface area contributed by atoms with Gasteiger partial charge < -0.3 is 5.32 Å². The van der Waals surface area contributed by atoms with Crippen molar-refractivity contribution in [1.29, 1.82) is 0 Å². The molecular weight excluding hydrogens is 370 g/mol. The van der Waals surface area contributed by atoms with Crippen molar-refractivity contribution in [1.82, 2.24) is 15.3 Å². The van der Waals surface area contributed by atoms with Crippen LogP contribution in [-0.2, 0) is 10.0 Å². The molecule has 1 aliphatic rings. The number of sulfonamides is 1. The van der Waals surface area contributed by atoms with E-state index in [0.717, 1.165) is 28.3 Å². The van der Waals surface area contributed by atoms with E-state index in [0.29, 0.717) is 19.0 Å². The van der Waals surface area contributed by atoms with Crippen LogP contribution in [0.4, 0.5) is 0 Å². The van der Waals surface area contributed by atoms with E-state index in [1.54, 1.807) is 23.3 Å². The molecule has 1 N–H and O–H groups in total. The minimum atomic E-state index is -3.83. The zero-order valence-electron chi connectivity index (χ0n) is 14.7. The van der Waals surface area contributed by atoms with Crippen LogP contribution in [0.5, 0.6) is 0 Å². The first-order valence-corrected chi connectivity index (χ1v) is 10.7. The number of pyridine rings is 1. The summed E-state index contributed by atoms with van der Waals surface area (Å²) in [6.45, 7) is 5.15.